The van der Waals surface area contributed by atoms with Crippen LogP contribution in [0, 0.1) is 5.92 Å². The maximum Gasteiger partial charge on any atom is 0.270 e. The highest BCUT2D eigenvalue weighted by molar-refractivity contribution is 5.92. The lowest BCUT2D eigenvalue weighted by molar-refractivity contribution is 0.0949. The standard InChI is InChI=1S/C18H28N4O/c1-14(2)8-11-20-18-21-13-10-16(22-18)17(23)19-12-9-15-6-4-3-5-7-15/h6,10,13-14H,3-5,7-9,11-12H2,1-2H3,(H,19,23)(H,20,21,22). The number of anilines is 1. The van der Waals surface area contributed by atoms with E-state index in [1.807, 2.05) is 0 Å². The highest BCUT2D eigenvalue weighted by atomic mass is 16.1. The summed E-state index contributed by atoms with van der Waals surface area (Å²) >= 11 is 0. The molecule has 5 heteroatoms. The Balaban J connectivity index is 1.78. The zero-order valence-corrected chi connectivity index (χ0v) is 14.3. The van der Waals surface area contributed by atoms with Gasteiger partial charge in [-0.1, -0.05) is 25.5 Å². The van der Waals surface area contributed by atoms with E-state index < -0.39 is 0 Å². The van der Waals surface area contributed by atoms with E-state index in [1.54, 1.807) is 12.3 Å². The molecule has 5 nitrogen and oxygen atoms in total. The van der Waals surface area contributed by atoms with Crippen molar-refractivity contribution in [1.29, 1.82) is 0 Å². The van der Waals surface area contributed by atoms with Gasteiger partial charge in [-0.25, -0.2) is 9.97 Å². The fraction of sp³-hybridized carbons (Fsp3) is 0.611. The van der Waals surface area contributed by atoms with E-state index in [9.17, 15) is 4.79 Å². The molecule has 1 aliphatic carbocycles. The van der Waals surface area contributed by atoms with Gasteiger partial charge in [0, 0.05) is 19.3 Å². The van der Waals surface area contributed by atoms with Gasteiger partial charge < -0.3 is 10.6 Å². The van der Waals surface area contributed by atoms with Crippen LogP contribution in [0.2, 0.25) is 0 Å². The number of hydrogen-bond acceptors (Lipinski definition) is 4. The molecule has 23 heavy (non-hydrogen) atoms. The SMILES string of the molecule is CC(C)CCNc1nccc(C(=O)NCCC2=CCCCC2)n1. The Kier molecular flexibility index (Phi) is 7.04. The summed E-state index contributed by atoms with van der Waals surface area (Å²) < 4.78 is 0. The number of aromatic nitrogens is 2. The first-order valence-corrected chi connectivity index (χ1v) is 8.68. The molecule has 0 radical (unpaired) electrons. The molecule has 0 bridgehead atoms. The summed E-state index contributed by atoms with van der Waals surface area (Å²) in [4.78, 5) is 20.6. The second kappa shape index (κ2) is 9.28. The minimum Gasteiger partial charge on any atom is -0.354 e. The van der Waals surface area contributed by atoms with Crippen molar-refractivity contribution in [2.24, 2.45) is 5.92 Å². The van der Waals surface area contributed by atoms with Crippen LogP contribution in [0.5, 0.6) is 0 Å². The van der Waals surface area contributed by atoms with Crippen molar-refractivity contribution in [2.75, 3.05) is 18.4 Å². The Morgan fingerprint density at radius 2 is 2.17 bits per heavy atom. The second-order valence-corrected chi connectivity index (χ2v) is 6.49. The predicted molar refractivity (Wildman–Crippen MR) is 93.5 cm³/mol. The van der Waals surface area contributed by atoms with E-state index in [0.717, 1.165) is 19.4 Å². The van der Waals surface area contributed by atoms with Crippen LogP contribution in [0.4, 0.5) is 5.95 Å². The molecular formula is C18H28N4O. The van der Waals surface area contributed by atoms with Crippen LogP contribution in [0.1, 0.15) is 62.9 Å². The van der Waals surface area contributed by atoms with Crippen LogP contribution in [0.3, 0.4) is 0 Å². The van der Waals surface area contributed by atoms with Crippen molar-refractivity contribution < 1.29 is 4.79 Å². The summed E-state index contributed by atoms with van der Waals surface area (Å²) in [5, 5.41) is 6.12. The fourth-order valence-corrected chi connectivity index (χ4v) is 2.60. The predicted octanol–water partition coefficient (Wildman–Crippen LogP) is 3.55. The second-order valence-electron chi connectivity index (χ2n) is 6.49. The van der Waals surface area contributed by atoms with E-state index in [-0.39, 0.29) is 5.91 Å². The van der Waals surface area contributed by atoms with E-state index >= 15 is 0 Å². The molecule has 0 aliphatic heterocycles. The minimum absolute atomic E-state index is 0.129. The van der Waals surface area contributed by atoms with E-state index in [0.29, 0.717) is 24.1 Å². The molecule has 1 aromatic rings. The molecule has 1 aliphatic rings. The molecule has 0 unspecified atom stereocenters. The normalized spacial score (nSPS) is 14.5. The Morgan fingerprint density at radius 3 is 2.91 bits per heavy atom. The molecule has 0 fully saturated rings. The molecular weight excluding hydrogens is 288 g/mol. The summed E-state index contributed by atoms with van der Waals surface area (Å²) in [7, 11) is 0. The third-order valence-corrected chi connectivity index (χ3v) is 4.01. The monoisotopic (exact) mass is 316 g/mol. The lowest BCUT2D eigenvalue weighted by Gasteiger charge is -2.13. The van der Waals surface area contributed by atoms with Crippen molar-refractivity contribution in [1.82, 2.24) is 15.3 Å². The molecule has 1 aromatic heterocycles. The number of rotatable bonds is 8. The lowest BCUT2D eigenvalue weighted by atomic mass is 9.97. The number of nitrogens with one attached hydrogen (secondary N) is 2. The Bertz CT molecular complexity index is 540. The van der Waals surface area contributed by atoms with Crippen molar-refractivity contribution in [2.45, 2.75) is 52.4 Å². The highest BCUT2D eigenvalue weighted by Crippen LogP contribution is 2.19. The average molecular weight is 316 g/mol. The molecule has 0 aromatic carbocycles. The Labute approximate surface area is 139 Å². The van der Waals surface area contributed by atoms with Crippen LogP contribution < -0.4 is 10.6 Å². The number of hydrogen-bond donors (Lipinski definition) is 2. The van der Waals surface area contributed by atoms with Crippen molar-refractivity contribution in [3.63, 3.8) is 0 Å². The van der Waals surface area contributed by atoms with E-state index in [4.69, 9.17) is 0 Å². The molecule has 126 valence electrons. The number of amides is 1. The summed E-state index contributed by atoms with van der Waals surface area (Å²) in [6.07, 6.45) is 10.9. The largest absolute Gasteiger partial charge is 0.354 e. The van der Waals surface area contributed by atoms with Crippen LogP contribution >= 0.6 is 0 Å². The summed E-state index contributed by atoms with van der Waals surface area (Å²) in [5.41, 5.74) is 1.89. The molecule has 0 atom stereocenters. The van der Waals surface area contributed by atoms with Gasteiger partial charge in [0.2, 0.25) is 5.95 Å². The first-order chi connectivity index (χ1) is 11.1. The number of carbonyl (C=O) groups is 1. The van der Waals surface area contributed by atoms with Crippen LogP contribution in [-0.4, -0.2) is 29.0 Å². The number of nitrogens with zero attached hydrogens (tertiary/aromatic N) is 2. The van der Waals surface area contributed by atoms with Crippen molar-refractivity contribution in [3.8, 4) is 0 Å². The van der Waals surface area contributed by atoms with Gasteiger partial charge in [-0.05, 0) is 50.5 Å². The average Bonchev–Trinajstić information content (AvgIpc) is 2.56. The first-order valence-electron chi connectivity index (χ1n) is 8.68. The summed E-state index contributed by atoms with van der Waals surface area (Å²) in [6, 6.07) is 1.66. The van der Waals surface area contributed by atoms with Gasteiger partial charge in [-0.2, -0.15) is 0 Å². The van der Waals surface area contributed by atoms with Gasteiger partial charge in [0.1, 0.15) is 5.69 Å². The van der Waals surface area contributed by atoms with Gasteiger partial charge in [-0.15, -0.1) is 0 Å². The highest BCUT2D eigenvalue weighted by Gasteiger charge is 2.09. The van der Waals surface area contributed by atoms with Crippen molar-refractivity contribution >= 4 is 11.9 Å². The van der Waals surface area contributed by atoms with Crippen LogP contribution in [0.25, 0.3) is 0 Å². The summed E-state index contributed by atoms with van der Waals surface area (Å²) in [5.74, 6) is 1.02. The van der Waals surface area contributed by atoms with Gasteiger partial charge in [0.25, 0.3) is 5.91 Å². The maximum absolute atomic E-state index is 12.2. The van der Waals surface area contributed by atoms with Gasteiger partial charge in [0.05, 0.1) is 0 Å². The first kappa shape index (κ1) is 17.4. The smallest absolute Gasteiger partial charge is 0.270 e. The zero-order valence-electron chi connectivity index (χ0n) is 14.3. The van der Waals surface area contributed by atoms with E-state index in [1.165, 1.54) is 31.3 Å². The molecule has 0 spiro atoms. The Morgan fingerprint density at radius 1 is 1.30 bits per heavy atom. The summed E-state index contributed by atoms with van der Waals surface area (Å²) in [6.45, 7) is 5.84. The molecule has 1 heterocycles. The van der Waals surface area contributed by atoms with Gasteiger partial charge >= 0.3 is 0 Å². The molecule has 2 rings (SSSR count). The molecule has 1 amide bonds. The fourth-order valence-electron chi connectivity index (χ4n) is 2.60. The third kappa shape index (κ3) is 6.38. The van der Waals surface area contributed by atoms with Gasteiger partial charge in [-0.3, -0.25) is 4.79 Å². The Hall–Kier alpha value is -1.91. The number of carbonyl (C=O) groups excluding carboxylic acids is 1. The minimum atomic E-state index is -0.129. The zero-order chi connectivity index (χ0) is 16.5. The third-order valence-electron chi connectivity index (χ3n) is 4.01. The topological polar surface area (TPSA) is 66.9 Å². The van der Waals surface area contributed by atoms with Crippen LogP contribution in [-0.2, 0) is 0 Å². The maximum atomic E-state index is 12.2. The molecule has 0 saturated heterocycles. The quantitative estimate of drug-likeness (QED) is 0.720. The van der Waals surface area contributed by atoms with E-state index in [2.05, 4.69) is 40.5 Å². The van der Waals surface area contributed by atoms with Crippen LogP contribution in [0.15, 0.2) is 23.9 Å². The lowest BCUT2D eigenvalue weighted by Crippen LogP contribution is -2.26. The van der Waals surface area contributed by atoms with Crippen molar-refractivity contribution in [3.05, 3.63) is 29.6 Å². The number of allylic oxidation sites excluding steroid dienone is 1. The molecule has 2 N–H and O–H groups in total. The molecule has 0 saturated carbocycles. The van der Waals surface area contributed by atoms with Gasteiger partial charge in [0.15, 0.2) is 0 Å².